The summed E-state index contributed by atoms with van der Waals surface area (Å²) in [6.07, 6.45) is 7.05. The van der Waals surface area contributed by atoms with Crippen molar-refractivity contribution in [1.29, 1.82) is 0 Å². The maximum Gasteiger partial charge on any atom is 0.229 e. The lowest BCUT2D eigenvalue weighted by Gasteiger charge is -2.28. The Hall–Kier alpha value is -0.913. The van der Waals surface area contributed by atoms with Gasteiger partial charge in [0.25, 0.3) is 0 Å². The van der Waals surface area contributed by atoms with Crippen molar-refractivity contribution >= 4 is 14.8 Å². The van der Waals surface area contributed by atoms with Crippen molar-refractivity contribution in [3.63, 3.8) is 0 Å². The van der Waals surface area contributed by atoms with Gasteiger partial charge in [0.05, 0.1) is 18.5 Å². The molecule has 3 atom stereocenters. The Morgan fingerprint density at radius 3 is 2.48 bits per heavy atom. The van der Waals surface area contributed by atoms with E-state index in [1.165, 1.54) is 11.1 Å². The molecule has 0 aromatic heterocycles. The summed E-state index contributed by atoms with van der Waals surface area (Å²) in [7, 11) is -1.23. The molecule has 0 saturated carbocycles. The second kappa shape index (κ2) is 12.4. The highest BCUT2D eigenvalue weighted by Gasteiger charge is 2.36. The third kappa shape index (κ3) is 10.5. The van der Waals surface area contributed by atoms with Crippen molar-refractivity contribution in [2.24, 2.45) is 11.3 Å². The van der Waals surface area contributed by atoms with Crippen LogP contribution in [-0.4, -0.2) is 38.2 Å². The molecule has 1 N–H and O–H groups in total. The zero-order valence-corrected chi connectivity index (χ0v) is 22.8. The summed E-state index contributed by atoms with van der Waals surface area (Å²) in [6, 6.07) is 0. The zero-order valence-electron chi connectivity index (χ0n) is 21.6. The Morgan fingerprint density at radius 2 is 1.94 bits per heavy atom. The largest absolute Gasteiger partial charge is 0.550 e. The fourth-order valence-electron chi connectivity index (χ4n) is 3.92. The number of allylic oxidation sites excluding steroid dienone is 2. The minimum atomic E-state index is -1.23. The van der Waals surface area contributed by atoms with Crippen LogP contribution in [0.3, 0.4) is 0 Å². The van der Waals surface area contributed by atoms with Gasteiger partial charge in [-0.05, 0) is 82.9 Å². The van der Waals surface area contributed by atoms with E-state index in [4.69, 9.17) is 9.16 Å². The summed E-state index contributed by atoms with van der Waals surface area (Å²) in [6.45, 7) is 19.7. The van der Waals surface area contributed by atoms with E-state index in [-0.39, 0.29) is 23.2 Å². The highest BCUT2D eigenvalue weighted by Crippen LogP contribution is 2.34. The summed E-state index contributed by atoms with van der Waals surface area (Å²) < 4.78 is 12.6. The Morgan fingerprint density at radius 1 is 1.29 bits per heavy atom. The first-order valence-electron chi connectivity index (χ1n) is 12.1. The summed E-state index contributed by atoms with van der Waals surface area (Å²) in [5.41, 5.74) is 1.79. The Balaban J connectivity index is 2.78. The van der Waals surface area contributed by atoms with E-state index in [1.807, 2.05) is 6.92 Å². The molecular formula is C26H48O4Si. The molecule has 1 aliphatic heterocycles. The molecule has 0 aromatic rings. The minimum Gasteiger partial charge on any atom is -0.550 e. The number of hydrogen-bond acceptors (Lipinski definition) is 4. The predicted octanol–water partition coefficient (Wildman–Crippen LogP) is 6.34. The third-order valence-electron chi connectivity index (χ3n) is 6.01. The maximum atomic E-state index is 13.0. The van der Waals surface area contributed by atoms with Gasteiger partial charge in [0.15, 0.2) is 5.78 Å². The predicted molar refractivity (Wildman–Crippen MR) is 133 cm³/mol. The standard InChI is InChI=1S/C26H48O4Si/c1-19(2)12-14-22(27)20(3)11-10-16-26(7)24(28)15-13-21(18-29-26)23(30-31(8)9)17-25(4,5)6/h12,20,22,27,31H,10-11,13-18H2,1-9H3/b23-21-/t20?,22?,26-/m0/s1. The van der Waals surface area contributed by atoms with Crippen LogP contribution in [0.2, 0.25) is 13.1 Å². The van der Waals surface area contributed by atoms with Gasteiger partial charge in [-0.2, -0.15) is 0 Å². The van der Waals surface area contributed by atoms with Crippen LogP contribution in [0.15, 0.2) is 23.0 Å². The van der Waals surface area contributed by atoms with Crippen molar-refractivity contribution in [3.8, 4) is 0 Å². The lowest BCUT2D eigenvalue weighted by molar-refractivity contribution is -0.140. The van der Waals surface area contributed by atoms with E-state index in [2.05, 4.69) is 60.7 Å². The quantitative estimate of drug-likeness (QED) is 0.239. The van der Waals surface area contributed by atoms with E-state index in [9.17, 15) is 9.90 Å². The van der Waals surface area contributed by atoms with Crippen molar-refractivity contribution in [1.82, 2.24) is 0 Å². The molecule has 1 heterocycles. The fraction of sp³-hybridized carbons (Fsp3) is 0.808. The van der Waals surface area contributed by atoms with Crippen LogP contribution in [0.25, 0.3) is 0 Å². The molecule has 1 aliphatic rings. The molecule has 0 radical (unpaired) electrons. The molecule has 0 amide bonds. The average molecular weight is 453 g/mol. The molecule has 0 aliphatic carbocycles. The molecule has 1 fully saturated rings. The van der Waals surface area contributed by atoms with Crippen LogP contribution in [0.4, 0.5) is 0 Å². The van der Waals surface area contributed by atoms with Crippen molar-refractivity contribution in [2.75, 3.05) is 6.61 Å². The van der Waals surface area contributed by atoms with Gasteiger partial charge in [-0.3, -0.25) is 4.79 Å². The van der Waals surface area contributed by atoms with Gasteiger partial charge in [-0.15, -0.1) is 0 Å². The summed E-state index contributed by atoms with van der Waals surface area (Å²) in [5.74, 6) is 1.46. The highest BCUT2D eigenvalue weighted by atomic mass is 28.3. The first-order chi connectivity index (χ1) is 14.2. The molecule has 1 rings (SSSR count). The van der Waals surface area contributed by atoms with Gasteiger partial charge in [-0.25, -0.2) is 0 Å². The third-order valence-corrected chi connectivity index (χ3v) is 6.77. The van der Waals surface area contributed by atoms with Crippen molar-refractivity contribution in [3.05, 3.63) is 23.0 Å². The first kappa shape index (κ1) is 28.1. The van der Waals surface area contributed by atoms with E-state index in [0.717, 1.165) is 31.4 Å². The van der Waals surface area contributed by atoms with Crippen LogP contribution in [0.1, 0.15) is 93.4 Å². The Labute approximate surface area is 193 Å². The Kier molecular flexibility index (Phi) is 11.2. The highest BCUT2D eigenvalue weighted by molar-refractivity contribution is 6.48. The second-order valence-electron chi connectivity index (χ2n) is 11.3. The van der Waals surface area contributed by atoms with Gasteiger partial charge in [0, 0.05) is 12.8 Å². The van der Waals surface area contributed by atoms with Crippen molar-refractivity contribution in [2.45, 2.75) is 118 Å². The molecule has 2 unspecified atom stereocenters. The molecule has 0 aromatic carbocycles. The number of rotatable bonds is 10. The normalized spacial score (nSPS) is 23.9. The van der Waals surface area contributed by atoms with E-state index in [0.29, 0.717) is 25.9 Å². The molecular weight excluding hydrogens is 404 g/mol. The second-order valence-corrected chi connectivity index (χ2v) is 13.7. The van der Waals surface area contributed by atoms with E-state index >= 15 is 0 Å². The van der Waals surface area contributed by atoms with Crippen LogP contribution in [0.5, 0.6) is 0 Å². The summed E-state index contributed by atoms with van der Waals surface area (Å²) in [4.78, 5) is 13.0. The van der Waals surface area contributed by atoms with Crippen LogP contribution in [0, 0.1) is 11.3 Å². The molecule has 4 nitrogen and oxygen atoms in total. The minimum absolute atomic E-state index is 0.133. The molecule has 31 heavy (non-hydrogen) atoms. The van der Waals surface area contributed by atoms with Crippen LogP contribution < -0.4 is 0 Å². The van der Waals surface area contributed by atoms with Crippen LogP contribution >= 0.6 is 0 Å². The van der Waals surface area contributed by atoms with Gasteiger partial charge in [0.2, 0.25) is 9.04 Å². The molecule has 180 valence electrons. The van der Waals surface area contributed by atoms with Gasteiger partial charge < -0.3 is 14.3 Å². The number of carbonyl (C=O) groups is 1. The van der Waals surface area contributed by atoms with Crippen LogP contribution in [-0.2, 0) is 14.0 Å². The molecule has 0 spiro atoms. The maximum absolute atomic E-state index is 13.0. The average Bonchev–Trinajstić information content (AvgIpc) is 2.77. The van der Waals surface area contributed by atoms with Gasteiger partial charge in [0.1, 0.15) is 5.60 Å². The lowest BCUT2D eigenvalue weighted by atomic mass is 9.87. The number of aliphatic hydroxyl groups is 1. The number of Topliss-reactive ketones (excluding diaryl/α,β-unsaturated/α-hetero) is 1. The first-order valence-corrected chi connectivity index (χ1v) is 14.9. The van der Waals surface area contributed by atoms with E-state index in [1.54, 1.807) is 0 Å². The molecule has 0 bridgehead atoms. The topological polar surface area (TPSA) is 55.8 Å². The number of hydrogen-bond donors (Lipinski definition) is 1. The number of carbonyl (C=O) groups excluding carboxylic acids is 1. The smallest absolute Gasteiger partial charge is 0.229 e. The zero-order chi connectivity index (χ0) is 23.8. The monoisotopic (exact) mass is 452 g/mol. The lowest BCUT2D eigenvalue weighted by Crippen LogP contribution is -2.37. The number of aliphatic hydroxyl groups excluding tert-OH is 1. The molecule has 5 heteroatoms. The fourth-order valence-corrected chi connectivity index (χ4v) is 4.74. The van der Waals surface area contributed by atoms with Crippen molar-refractivity contribution < 1.29 is 19.1 Å². The number of ether oxygens (including phenoxy) is 1. The van der Waals surface area contributed by atoms with E-state index < -0.39 is 14.6 Å². The summed E-state index contributed by atoms with van der Waals surface area (Å²) >= 11 is 0. The van der Waals surface area contributed by atoms with Gasteiger partial charge >= 0.3 is 0 Å². The summed E-state index contributed by atoms with van der Waals surface area (Å²) in [5, 5.41) is 10.4. The Bertz CT molecular complexity index is 640. The molecule has 1 saturated heterocycles. The number of ketones is 1. The SMILES string of the molecule is CC(C)=CCC(O)C(C)CCC[C@]1(C)OC/C(=C(/CC(C)(C)C)O[SiH](C)C)CCC1=O. The van der Waals surface area contributed by atoms with Gasteiger partial charge in [-0.1, -0.05) is 39.3 Å².